The van der Waals surface area contributed by atoms with E-state index in [9.17, 15) is 0 Å². The molecule has 0 spiro atoms. The molecule has 2 heterocycles. The van der Waals surface area contributed by atoms with Gasteiger partial charge in [0.15, 0.2) is 0 Å². The first-order valence-electron chi connectivity index (χ1n) is 12.9. The first-order valence-corrected chi connectivity index (χ1v) is 12.9. The number of aromatic amines is 2. The van der Waals surface area contributed by atoms with Crippen molar-refractivity contribution in [3.8, 4) is 0 Å². The fraction of sp³-hybridized carbons (Fsp3) is 0.448. The van der Waals surface area contributed by atoms with Gasteiger partial charge in [-0.1, -0.05) is 19.9 Å². The number of nitrogens with one attached hydrogen (secondary N) is 4. The van der Waals surface area contributed by atoms with Crippen molar-refractivity contribution in [2.75, 3.05) is 39.0 Å². The predicted octanol–water partition coefficient (Wildman–Crippen LogP) is 6.77. The molecule has 2 aromatic carbocycles. The Labute approximate surface area is 204 Å². The Bertz CT molecular complexity index is 1190. The summed E-state index contributed by atoms with van der Waals surface area (Å²) in [5.41, 5.74) is 7.48. The molecule has 5 heteroatoms. The zero-order valence-electron chi connectivity index (χ0n) is 21.3. The van der Waals surface area contributed by atoms with Gasteiger partial charge in [0.2, 0.25) is 0 Å². The second-order valence-electron chi connectivity index (χ2n) is 9.75. The van der Waals surface area contributed by atoms with Crippen LogP contribution in [0.25, 0.3) is 21.8 Å². The molecule has 4 aromatic rings. The number of hydrogen-bond acceptors (Lipinski definition) is 3. The zero-order chi connectivity index (χ0) is 23.9. The third-order valence-electron chi connectivity index (χ3n) is 6.85. The second-order valence-corrected chi connectivity index (χ2v) is 9.75. The fourth-order valence-corrected chi connectivity index (χ4v) is 4.89. The Balaban J connectivity index is 1.47. The maximum atomic E-state index is 3.63. The highest BCUT2D eigenvalue weighted by Crippen LogP contribution is 2.33. The smallest absolute Gasteiger partial charge is 0.0477 e. The van der Waals surface area contributed by atoms with Gasteiger partial charge in [0.25, 0.3) is 0 Å². The van der Waals surface area contributed by atoms with E-state index >= 15 is 0 Å². The second kappa shape index (κ2) is 11.6. The van der Waals surface area contributed by atoms with Gasteiger partial charge in [-0.3, -0.25) is 0 Å². The summed E-state index contributed by atoms with van der Waals surface area (Å²) >= 11 is 0. The standard InChI is InChI=1S/C29H41N5/c1-5-14-30-15-7-8-22-19-31-28-12-10-23(17-26(22)28)33-24-9-11-25-27(20-32-29(25)18-24)21(6-2)13-16-34(3)4/h9-12,17-21,30-33H,5-8,13-16H2,1-4H3. The molecule has 4 rings (SSSR count). The maximum Gasteiger partial charge on any atom is 0.0477 e. The number of aryl methyl sites for hydroxylation is 1. The van der Waals surface area contributed by atoms with Crippen LogP contribution in [0, 0.1) is 0 Å². The van der Waals surface area contributed by atoms with Crippen LogP contribution in [0.1, 0.15) is 56.6 Å². The van der Waals surface area contributed by atoms with Crippen molar-refractivity contribution < 1.29 is 0 Å². The molecule has 0 aliphatic heterocycles. The van der Waals surface area contributed by atoms with E-state index in [4.69, 9.17) is 0 Å². The lowest BCUT2D eigenvalue weighted by Gasteiger charge is -2.17. The molecule has 1 unspecified atom stereocenters. The molecular formula is C29H41N5. The molecule has 0 radical (unpaired) electrons. The van der Waals surface area contributed by atoms with E-state index in [0.29, 0.717) is 5.92 Å². The molecule has 0 saturated carbocycles. The summed E-state index contributed by atoms with van der Waals surface area (Å²) in [6.45, 7) is 7.79. The average molecular weight is 460 g/mol. The number of H-pyrrole nitrogens is 2. The third kappa shape index (κ3) is 5.83. The molecule has 0 saturated heterocycles. The molecule has 4 N–H and O–H groups in total. The Hall–Kier alpha value is -2.76. The molecule has 5 nitrogen and oxygen atoms in total. The lowest BCUT2D eigenvalue weighted by molar-refractivity contribution is 0.378. The summed E-state index contributed by atoms with van der Waals surface area (Å²) in [6, 6.07) is 13.3. The quantitative estimate of drug-likeness (QED) is 0.167. The largest absolute Gasteiger partial charge is 0.361 e. The SMILES string of the molecule is CCCNCCCc1c[nH]c2ccc(Nc3ccc4c(C(CC)CCN(C)C)c[nH]c4c3)cc12. The molecule has 2 aromatic heterocycles. The van der Waals surface area contributed by atoms with Gasteiger partial charge in [-0.25, -0.2) is 0 Å². The van der Waals surface area contributed by atoms with Gasteiger partial charge < -0.3 is 25.5 Å². The highest BCUT2D eigenvalue weighted by molar-refractivity contribution is 5.90. The van der Waals surface area contributed by atoms with Crippen LogP contribution in [0.15, 0.2) is 48.8 Å². The zero-order valence-corrected chi connectivity index (χ0v) is 21.3. The van der Waals surface area contributed by atoms with Crippen LogP contribution in [0.5, 0.6) is 0 Å². The van der Waals surface area contributed by atoms with Gasteiger partial charge in [0, 0.05) is 45.6 Å². The molecule has 0 fully saturated rings. The Kier molecular flexibility index (Phi) is 8.30. The number of nitrogens with zero attached hydrogens (tertiary/aromatic N) is 1. The molecule has 34 heavy (non-hydrogen) atoms. The number of hydrogen-bond donors (Lipinski definition) is 4. The summed E-state index contributed by atoms with van der Waals surface area (Å²) in [5, 5.41) is 9.79. The summed E-state index contributed by atoms with van der Waals surface area (Å²) in [4.78, 5) is 9.23. The molecule has 0 aliphatic carbocycles. The number of aromatic nitrogens is 2. The van der Waals surface area contributed by atoms with Gasteiger partial charge in [-0.2, -0.15) is 0 Å². The molecule has 0 aliphatic rings. The van der Waals surface area contributed by atoms with Gasteiger partial charge >= 0.3 is 0 Å². The van der Waals surface area contributed by atoms with E-state index in [2.05, 4.69) is 102 Å². The van der Waals surface area contributed by atoms with Crippen molar-refractivity contribution in [1.82, 2.24) is 20.2 Å². The van der Waals surface area contributed by atoms with E-state index in [1.807, 2.05) is 0 Å². The monoisotopic (exact) mass is 459 g/mol. The minimum absolute atomic E-state index is 0.585. The molecule has 182 valence electrons. The van der Waals surface area contributed by atoms with E-state index in [-0.39, 0.29) is 0 Å². The summed E-state index contributed by atoms with van der Waals surface area (Å²) in [5.74, 6) is 0.585. The van der Waals surface area contributed by atoms with Gasteiger partial charge in [-0.05, 0) is 113 Å². The minimum Gasteiger partial charge on any atom is -0.361 e. The highest BCUT2D eigenvalue weighted by Gasteiger charge is 2.15. The van der Waals surface area contributed by atoms with Crippen LogP contribution >= 0.6 is 0 Å². The maximum absolute atomic E-state index is 3.63. The van der Waals surface area contributed by atoms with E-state index < -0.39 is 0 Å². The summed E-state index contributed by atoms with van der Waals surface area (Å²) in [7, 11) is 4.30. The van der Waals surface area contributed by atoms with E-state index in [1.54, 1.807) is 0 Å². The van der Waals surface area contributed by atoms with Crippen molar-refractivity contribution in [3.05, 3.63) is 59.9 Å². The van der Waals surface area contributed by atoms with Gasteiger partial charge in [-0.15, -0.1) is 0 Å². The van der Waals surface area contributed by atoms with Crippen LogP contribution in [-0.2, 0) is 6.42 Å². The van der Waals surface area contributed by atoms with Crippen molar-refractivity contribution in [2.24, 2.45) is 0 Å². The molecule has 0 bridgehead atoms. The van der Waals surface area contributed by atoms with Crippen LogP contribution in [0.3, 0.4) is 0 Å². The summed E-state index contributed by atoms with van der Waals surface area (Å²) < 4.78 is 0. The van der Waals surface area contributed by atoms with E-state index in [1.165, 1.54) is 45.8 Å². The van der Waals surface area contributed by atoms with Crippen molar-refractivity contribution in [2.45, 2.75) is 51.9 Å². The summed E-state index contributed by atoms with van der Waals surface area (Å²) in [6.07, 6.45) is 10.2. The van der Waals surface area contributed by atoms with Crippen LogP contribution in [0.2, 0.25) is 0 Å². The normalized spacial score (nSPS) is 12.7. The van der Waals surface area contributed by atoms with Crippen molar-refractivity contribution in [1.29, 1.82) is 0 Å². The van der Waals surface area contributed by atoms with Crippen LogP contribution in [0.4, 0.5) is 11.4 Å². The van der Waals surface area contributed by atoms with E-state index in [0.717, 1.165) is 50.3 Å². The molecular weight excluding hydrogens is 418 g/mol. The number of fused-ring (bicyclic) bond motifs is 2. The predicted molar refractivity (Wildman–Crippen MR) is 148 cm³/mol. The Morgan fingerprint density at radius 3 is 2.47 bits per heavy atom. The average Bonchev–Trinajstić information content (AvgIpc) is 3.43. The van der Waals surface area contributed by atoms with Gasteiger partial charge in [0.05, 0.1) is 0 Å². The topological polar surface area (TPSA) is 58.9 Å². The number of rotatable bonds is 13. The fourth-order valence-electron chi connectivity index (χ4n) is 4.89. The number of benzene rings is 2. The first kappa shape index (κ1) is 24.4. The van der Waals surface area contributed by atoms with Crippen molar-refractivity contribution >= 4 is 33.2 Å². The Morgan fingerprint density at radius 1 is 0.882 bits per heavy atom. The van der Waals surface area contributed by atoms with Crippen LogP contribution < -0.4 is 10.6 Å². The van der Waals surface area contributed by atoms with Crippen LogP contribution in [-0.4, -0.2) is 48.6 Å². The first-order chi connectivity index (χ1) is 16.6. The van der Waals surface area contributed by atoms with Gasteiger partial charge in [0.1, 0.15) is 0 Å². The minimum atomic E-state index is 0.585. The lowest BCUT2D eigenvalue weighted by Crippen LogP contribution is -2.16. The van der Waals surface area contributed by atoms with Crippen molar-refractivity contribution in [3.63, 3.8) is 0 Å². The number of anilines is 2. The lowest BCUT2D eigenvalue weighted by atomic mass is 9.92. The molecule has 0 amide bonds. The molecule has 1 atom stereocenters. The third-order valence-corrected chi connectivity index (χ3v) is 6.85. The highest BCUT2D eigenvalue weighted by atomic mass is 15.0. The Morgan fingerprint density at radius 2 is 1.68 bits per heavy atom.